The second kappa shape index (κ2) is 7.27. The molecule has 2 N–H and O–H groups in total. The number of hydrogen-bond donors (Lipinski definition) is 2. The van der Waals surface area contributed by atoms with Gasteiger partial charge >= 0.3 is 13.6 Å². The number of carbonyl (C=O) groups excluding carboxylic acids is 1. The molecule has 0 aliphatic carbocycles. The Bertz CT molecular complexity index is 304. The Kier molecular flexibility index (Phi) is 7.11. The van der Waals surface area contributed by atoms with E-state index >= 15 is 0 Å². The predicted molar refractivity (Wildman–Crippen MR) is 70.4 cm³/mol. The van der Waals surface area contributed by atoms with Gasteiger partial charge in [-0.2, -0.15) is 0 Å². The largest absolute Gasteiger partial charge is 0.466 e. The van der Waals surface area contributed by atoms with Crippen LogP contribution in [-0.4, -0.2) is 28.0 Å². The van der Waals surface area contributed by atoms with Crippen LogP contribution in [0, 0.1) is 5.41 Å². The van der Waals surface area contributed by atoms with Crippen LogP contribution in [0.15, 0.2) is 0 Å². The predicted octanol–water partition coefficient (Wildman–Crippen LogP) is 2.70. The summed E-state index contributed by atoms with van der Waals surface area (Å²) >= 11 is 0. The van der Waals surface area contributed by atoms with E-state index in [9.17, 15) is 19.1 Å². The van der Waals surface area contributed by atoms with Crippen molar-refractivity contribution in [3.8, 4) is 0 Å². The van der Waals surface area contributed by atoms with E-state index < -0.39 is 24.6 Å². The van der Waals surface area contributed by atoms with Crippen molar-refractivity contribution in [3.05, 3.63) is 0 Å². The van der Waals surface area contributed by atoms with E-state index in [2.05, 4.69) is 0 Å². The first-order valence-corrected chi connectivity index (χ1v) is 8.16. The lowest BCUT2D eigenvalue weighted by Crippen LogP contribution is -2.42. The fraction of sp³-hybridized carbons (Fsp3) is 0.917. The third-order valence-corrected chi connectivity index (χ3v) is 4.88. The second-order valence-electron chi connectivity index (χ2n) is 4.64. The molecular weight excluding hydrogens is 255 g/mol. The van der Waals surface area contributed by atoms with Crippen molar-refractivity contribution in [2.24, 2.45) is 5.41 Å². The summed E-state index contributed by atoms with van der Waals surface area (Å²) in [4.78, 5) is 31.0. The van der Waals surface area contributed by atoms with Gasteiger partial charge in [0.05, 0.1) is 17.7 Å². The highest BCUT2D eigenvalue weighted by molar-refractivity contribution is 7.52. The molecule has 0 spiro atoms. The van der Waals surface area contributed by atoms with Crippen LogP contribution in [0.2, 0.25) is 0 Å². The fourth-order valence-corrected chi connectivity index (χ4v) is 3.41. The van der Waals surface area contributed by atoms with Gasteiger partial charge < -0.3 is 14.5 Å². The minimum absolute atomic E-state index is 0.224. The highest BCUT2D eigenvalue weighted by atomic mass is 31.2. The van der Waals surface area contributed by atoms with E-state index in [0.29, 0.717) is 25.7 Å². The van der Waals surface area contributed by atoms with Crippen LogP contribution in [0.5, 0.6) is 0 Å². The lowest BCUT2D eigenvalue weighted by molar-refractivity contribution is -0.157. The molecule has 0 aromatic carbocycles. The molecule has 1 unspecified atom stereocenters. The smallest absolute Gasteiger partial charge is 0.329 e. The standard InChI is InChI=1S/C12H25O5P/c1-5-8-12(9-6-2,11(13)17-7-3)10(4)18(14,15)16/h10H,5-9H2,1-4H3,(H2,14,15,16). The molecule has 0 aromatic heterocycles. The Morgan fingerprint density at radius 1 is 1.22 bits per heavy atom. The number of carbonyl (C=O) groups is 1. The highest BCUT2D eigenvalue weighted by Crippen LogP contribution is 2.53. The Balaban J connectivity index is 5.46. The van der Waals surface area contributed by atoms with Crippen LogP contribution in [0.4, 0.5) is 0 Å². The maximum absolute atomic E-state index is 12.2. The molecule has 0 amide bonds. The minimum atomic E-state index is -4.32. The summed E-state index contributed by atoms with van der Waals surface area (Å²) < 4.78 is 16.6. The van der Waals surface area contributed by atoms with Crippen molar-refractivity contribution in [1.29, 1.82) is 0 Å². The highest BCUT2D eigenvalue weighted by Gasteiger charge is 2.50. The van der Waals surface area contributed by atoms with E-state index in [1.807, 2.05) is 13.8 Å². The number of rotatable bonds is 8. The molecule has 0 saturated carbocycles. The number of hydrogen-bond acceptors (Lipinski definition) is 3. The van der Waals surface area contributed by atoms with E-state index in [-0.39, 0.29) is 6.61 Å². The molecule has 108 valence electrons. The Hall–Kier alpha value is -0.380. The molecule has 0 saturated heterocycles. The first-order valence-electron chi connectivity index (χ1n) is 6.48. The van der Waals surface area contributed by atoms with Gasteiger partial charge in [0.15, 0.2) is 0 Å². The zero-order chi connectivity index (χ0) is 14.4. The van der Waals surface area contributed by atoms with Gasteiger partial charge in [-0.3, -0.25) is 9.36 Å². The van der Waals surface area contributed by atoms with Gasteiger partial charge in [0.25, 0.3) is 0 Å². The first-order chi connectivity index (χ1) is 8.26. The molecule has 0 fully saturated rings. The molecule has 0 aliphatic heterocycles. The lowest BCUT2D eigenvalue weighted by atomic mass is 9.76. The van der Waals surface area contributed by atoms with E-state index in [1.54, 1.807) is 6.92 Å². The maximum atomic E-state index is 12.2. The van der Waals surface area contributed by atoms with Gasteiger partial charge in [0, 0.05) is 0 Å². The quantitative estimate of drug-likeness (QED) is 0.527. The summed E-state index contributed by atoms with van der Waals surface area (Å²) in [6.45, 7) is 7.17. The third-order valence-electron chi connectivity index (χ3n) is 3.38. The lowest BCUT2D eigenvalue weighted by Gasteiger charge is -2.36. The normalized spacial score (nSPS) is 14.3. The summed E-state index contributed by atoms with van der Waals surface area (Å²) in [7, 11) is -4.32. The van der Waals surface area contributed by atoms with Gasteiger partial charge in [0.2, 0.25) is 0 Å². The van der Waals surface area contributed by atoms with Crippen LogP contribution < -0.4 is 0 Å². The molecule has 1 atom stereocenters. The number of ether oxygens (including phenoxy) is 1. The molecule has 0 radical (unpaired) electrons. The first kappa shape index (κ1) is 17.6. The summed E-state index contributed by atoms with van der Waals surface area (Å²) in [6.07, 6.45) is 2.24. The molecule has 6 heteroatoms. The molecular formula is C12H25O5P. The van der Waals surface area contributed by atoms with Crippen LogP contribution in [0.25, 0.3) is 0 Å². The second-order valence-corrected chi connectivity index (χ2v) is 6.59. The average Bonchev–Trinajstić information content (AvgIpc) is 2.26. The molecule has 18 heavy (non-hydrogen) atoms. The average molecular weight is 280 g/mol. The van der Waals surface area contributed by atoms with Crippen molar-refractivity contribution in [1.82, 2.24) is 0 Å². The Morgan fingerprint density at radius 2 is 1.67 bits per heavy atom. The van der Waals surface area contributed by atoms with Crippen molar-refractivity contribution >= 4 is 13.6 Å². The van der Waals surface area contributed by atoms with E-state index in [1.165, 1.54) is 6.92 Å². The van der Waals surface area contributed by atoms with Gasteiger partial charge in [-0.25, -0.2) is 0 Å². The Morgan fingerprint density at radius 3 is 1.94 bits per heavy atom. The van der Waals surface area contributed by atoms with Crippen molar-refractivity contribution in [2.45, 2.75) is 59.0 Å². The SMILES string of the molecule is CCCC(CCC)(C(=O)OCC)C(C)P(=O)(O)O. The molecule has 0 heterocycles. The zero-order valence-corrected chi connectivity index (χ0v) is 12.6. The monoisotopic (exact) mass is 280 g/mol. The van der Waals surface area contributed by atoms with Gasteiger partial charge in [-0.05, 0) is 26.7 Å². The van der Waals surface area contributed by atoms with Gasteiger partial charge in [-0.15, -0.1) is 0 Å². The number of esters is 1. The van der Waals surface area contributed by atoms with Crippen LogP contribution >= 0.6 is 7.60 Å². The van der Waals surface area contributed by atoms with Crippen LogP contribution in [0.1, 0.15) is 53.4 Å². The van der Waals surface area contributed by atoms with Crippen LogP contribution in [0.3, 0.4) is 0 Å². The summed E-state index contributed by atoms with van der Waals surface area (Å²) in [5.74, 6) is -0.482. The minimum Gasteiger partial charge on any atom is -0.466 e. The maximum Gasteiger partial charge on any atom is 0.329 e. The summed E-state index contributed by atoms with van der Waals surface area (Å²) in [5, 5.41) is 0. The zero-order valence-electron chi connectivity index (χ0n) is 11.7. The van der Waals surface area contributed by atoms with E-state index in [0.717, 1.165) is 0 Å². The fourth-order valence-electron chi connectivity index (χ4n) is 2.41. The summed E-state index contributed by atoms with van der Waals surface area (Å²) in [5.41, 5.74) is -2.08. The topological polar surface area (TPSA) is 83.8 Å². The van der Waals surface area contributed by atoms with E-state index in [4.69, 9.17) is 4.74 Å². The van der Waals surface area contributed by atoms with Crippen LogP contribution in [-0.2, 0) is 14.1 Å². The third kappa shape index (κ3) is 4.08. The molecule has 0 bridgehead atoms. The van der Waals surface area contributed by atoms with Crippen molar-refractivity contribution < 1.29 is 23.9 Å². The Labute approximate surface area is 109 Å². The molecule has 0 rings (SSSR count). The van der Waals surface area contributed by atoms with Crippen molar-refractivity contribution in [3.63, 3.8) is 0 Å². The molecule has 0 aliphatic rings. The van der Waals surface area contributed by atoms with Gasteiger partial charge in [-0.1, -0.05) is 26.7 Å². The van der Waals surface area contributed by atoms with Gasteiger partial charge in [0.1, 0.15) is 0 Å². The molecule has 5 nitrogen and oxygen atoms in total. The molecule has 0 aromatic rings. The summed E-state index contributed by atoms with van der Waals surface area (Å²) in [6, 6.07) is 0. The van der Waals surface area contributed by atoms with Crippen molar-refractivity contribution in [2.75, 3.05) is 6.61 Å².